The molecule has 9 heteroatoms. The van der Waals surface area contributed by atoms with Crippen LogP contribution in [0.3, 0.4) is 0 Å². The van der Waals surface area contributed by atoms with E-state index in [1.807, 2.05) is 0 Å². The highest BCUT2D eigenvalue weighted by atomic mass is 19.4. The van der Waals surface area contributed by atoms with E-state index in [0.29, 0.717) is 12.1 Å². The first kappa shape index (κ1) is 35.0. The van der Waals surface area contributed by atoms with Crippen molar-refractivity contribution in [2.75, 3.05) is 11.9 Å². The molecule has 0 radical (unpaired) electrons. The molecule has 0 aliphatic carbocycles. The number of hydrogen-bond acceptors (Lipinski definition) is 4. The zero-order chi connectivity index (χ0) is 29.6. The van der Waals surface area contributed by atoms with Crippen LogP contribution in [-0.4, -0.2) is 29.8 Å². The third-order valence-electron chi connectivity index (χ3n) is 6.67. The molecule has 1 aromatic rings. The highest BCUT2D eigenvalue weighted by molar-refractivity contribution is 5.91. The maximum Gasteiger partial charge on any atom is 0.438 e. The van der Waals surface area contributed by atoms with E-state index >= 15 is 0 Å². The SMILES string of the molecule is [C-]#[N+]/C(C(=O)OCCc1ccc(NC(=O)CCCCCCCCCCCCCCCCC)cc1)=C(/O)C(F)(F)F. The van der Waals surface area contributed by atoms with Crippen molar-refractivity contribution in [2.24, 2.45) is 0 Å². The monoisotopic (exact) mass is 566 g/mol. The number of anilines is 1. The minimum Gasteiger partial charge on any atom is -0.515 e. The van der Waals surface area contributed by atoms with Crippen LogP contribution in [0.15, 0.2) is 35.7 Å². The fourth-order valence-corrected chi connectivity index (χ4v) is 4.29. The first-order valence-corrected chi connectivity index (χ1v) is 14.6. The van der Waals surface area contributed by atoms with E-state index in [1.54, 1.807) is 24.3 Å². The number of esters is 1. The lowest BCUT2D eigenvalue weighted by Crippen LogP contribution is -2.18. The number of allylic oxidation sites excluding steroid dienone is 1. The van der Waals surface area contributed by atoms with Gasteiger partial charge >= 0.3 is 17.8 Å². The minimum absolute atomic E-state index is 0.0562. The third kappa shape index (κ3) is 16.2. The molecule has 0 saturated heterocycles. The molecule has 6 nitrogen and oxygen atoms in total. The highest BCUT2D eigenvalue weighted by Gasteiger charge is 2.39. The van der Waals surface area contributed by atoms with Gasteiger partial charge in [0.05, 0.1) is 13.2 Å². The number of ether oxygens (including phenoxy) is 1. The van der Waals surface area contributed by atoms with Gasteiger partial charge in [-0.25, -0.2) is 4.85 Å². The molecular weight excluding hydrogens is 521 g/mol. The average molecular weight is 567 g/mol. The number of carbonyl (C=O) groups excluding carboxylic acids is 2. The maximum atomic E-state index is 12.5. The maximum absolute atomic E-state index is 12.5. The van der Waals surface area contributed by atoms with Crippen LogP contribution >= 0.6 is 0 Å². The molecule has 2 N–H and O–H groups in total. The van der Waals surface area contributed by atoms with Crippen LogP contribution in [0.5, 0.6) is 0 Å². The van der Waals surface area contributed by atoms with Gasteiger partial charge in [-0.1, -0.05) is 109 Å². The summed E-state index contributed by atoms with van der Waals surface area (Å²) in [4.78, 5) is 26.3. The number of aliphatic hydroxyl groups excluding tert-OH is 1. The van der Waals surface area contributed by atoms with Gasteiger partial charge < -0.3 is 15.2 Å². The predicted octanol–water partition coefficient (Wildman–Crippen LogP) is 9.22. The Morgan fingerprint density at radius 1 is 0.850 bits per heavy atom. The van der Waals surface area contributed by atoms with Gasteiger partial charge in [0.2, 0.25) is 11.7 Å². The number of alkyl halides is 3. The van der Waals surface area contributed by atoms with Crippen molar-refractivity contribution in [3.8, 4) is 0 Å². The Bertz CT molecular complexity index is 937. The van der Waals surface area contributed by atoms with Crippen molar-refractivity contribution in [2.45, 2.75) is 122 Å². The summed E-state index contributed by atoms with van der Waals surface area (Å²) < 4.78 is 42.2. The van der Waals surface area contributed by atoms with E-state index < -0.39 is 23.6 Å². The van der Waals surface area contributed by atoms with E-state index in [2.05, 4.69) is 21.8 Å². The second-order valence-corrected chi connectivity index (χ2v) is 10.1. The van der Waals surface area contributed by atoms with Crippen molar-refractivity contribution in [1.29, 1.82) is 0 Å². The van der Waals surface area contributed by atoms with Gasteiger partial charge in [0, 0.05) is 18.5 Å². The molecule has 224 valence electrons. The molecule has 1 amide bonds. The Kier molecular flexibility index (Phi) is 18.2. The molecule has 0 aliphatic rings. The summed E-state index contributed by atoms with van der Waals surface area (Å²) in [7, 11) is 0. The minimum atomic E-state index is -5.20. The zero-order valence-electron chi connectivity index (χ0n) is 23.8. The Hall–Kier alpha value is -3.02. The van der Waals surface area contributed by atoms with Gasteiger partial charge in [-0.3, -0.25) is 9.59 Å². The zero-order valence-corrected chi connectivity index (χ0v) is 23.8. The Balaban J connectivity index is 2.12. The first-order chi connectivity index (χ1) is 19.2. The van der Waals surface area contributed by atoms with Crippen LogP contribution in [0, 0.1) is 6.57 Å². The Morgan fingerprint density at radius 3 is 1.77 bits per heavy atom. The summed E-state index contributed by atoms with van der Waals surface area (Å²) in [5.41, 5.74) is -0.152. The summed E-state index contributed by atoms with van der Waals surface area (Å²) in [6.45, 7) is 8.66. The summed E-state index contributed by atoms with van der Waals surface area (Å²) in [5, 5.41) is 11.8. The number of benzene rings is 1. The summed E-state index contributed by atoms with van der Waals surface area (Å²) in [5.74, 6) is -3.86. The van der Waals surface area contributed by atoms with Crippen LogP contribution in [0.25, 0.3) is 4.85 Å². The first-order valence-electron chi connectivity index (χ1n) is 14.6. The number of hydrogen-bond donors (Lipinski definition) is 2. The topological polar surface area (TPSA) is 80.0 Å². The lowest BCUT2D eigenvalue weighted by Gasteiger charge is -2.09. The molecule has 0 fully saturated rings. The van der Waals surface area contributed by atoms with Crippen molar-refractivity contribution >= 4 is 17.6 Å². The molecule has 0 unspecified atom stereocenters. The molecule has 1 rings (SSSR count). The molecule has 0 atom stereocenters. The van der Waals surface area contributed by atoms with E-state index in [-0.39, 0.29) is 18.9 Å². The van der Waals surface area contributed by atoms with Gasteiger partial charge in [-0.15, -0.1) is 0 Å². The van der Waals surface area contributed by atoms with Crippen molar-refractivity contribution in [3.05, 3.63) is 52.7 Å². The van der Waals surface area contributed by atoms with Crippen molar-refractivity contribution < 1.29 is 32.6 Å². The summed E-state index contributed by atoms with van der Waals surface area (Å²) in [6.07, 6.45) is 14.5. The van der Waals surface area contributed by atoms with Crippen LogP contribution in [-0.2, 0) is 20.7 Å². The Morgan fingerprint density at radius 2 is 1.32 bits per heavy atom. The quantitative estimate of drug-likeness (QED) is 0.0511. The van der Waals surface area contributed by atoms with Gasteiger partial charge in [-0.05, 0) is 24.1 Å². The number of amides is 1. The molecule has 40 heavy (non-hydrogen) atoms. The third-order valence-corrected chi connectivity index (χ3v) is 6.67. The van der Waals surface area contributed by atoms with Gasteiger partial charge in [-0.2, -0.15) is 13.2 Å². The van der Waals surface area contributed by atoms with E-state index in [0.717, 1.165) is 24.8 Å². The fourth-order valence-electron chi connectivity index (χ4n) is 4.29. The largest absolute Gasteiger partial charge is 0.515 e. The molecule has 0 bridgehead atoms. The predicted molar refractivity (Wildman–Crippen MR) is 152 cm³/mol. The number of nitrogens with one attached hydrogen (secondary N) is 1. The summed E-state index contributed by atoms with van der Waals surface area (Å²) >= 11 is 0. The molecule has 1 aromatic carbocycles. The number of unbranched alkanes of at least 4 members (excludes halogenated alkanes) is 14. The summed E-state index contributed by atoms with van der Waals surface area (Å²) in [6, 6.07) is 6.80. The number of halogens is 3. The molecule has 0 spiro atoms. The fraction of sp³-hybridized carbons (Fsp3) is 0.645. The molecular formula is C31H45F3N2O4. The van der Waals surface area contributed by atoms with E-state index in [9.17, 15) is 22.8 Å². The molecule has 0 aromatic heterocycles. The number of nitrogens with zero attached hydrogens (tertiary/aromatic N) is 1. The van der Waals surface area contributed by atoms with Crippen LogP contribution < -0.4 is 5.32 Å². The van der Waals surface area contributed by atoms with E-state index in [4.69, 9.17) is 11.7 Å². The van der Waals surface area contributed by atoms with Crippen molar-refractivity contribution in [3.63, 3.8) is 0 Å². The van der Waals surface area contributed by atoms with Crippen LogP contribution in [0.4, 0.5) is 18.9 Å². The lowest BCUT2D eigenvalue weighted by atomic mass is 10.0. The van der Waals surface area contributed by atoms with Crippen LogP contribution in [0.1, 0.15) is 115 Å². The smallest absolute Gasteiger partial charge is 0.438 e. The van der Waals surface area contributed by atoms with Gasteiger partial charge in [0.15, 0.2) is 0 Å². The molecule has 0 aliphatic heterocycles. The van der Waals surface area contributed by atoms with Gasteiger partial charge in [0.25, 0.3) is 0 Å². The second kappa shape index (κ2) is 20.8. The number of rotatable bonds is 21. The van der Waals surface area contributed by atoms with Gasteiger partial charge in [0.1, 0.15) is 0 Å². The molecule has 0 heterocycles. The van der Waals surface area contributed by atoms with Crippen molar-refractivity contribution in [1.82, 2.24) is 0 Å². The Labute approximate surface area is 237 Å². The second-order valence-electron chi connectivity index (χ2n) is 10.1. The van der Waals surface area contributed by atoms with Crippen LogP contribution in [0.2, 0.25) is 0 Å². The number of carbonyl (C=O) groups is 2. The lowest BCUT2D eigenvalue weighted by molar-refractivity contribution is -0.142. The average Bonchev–Trinajstić information content (AvgIpc) is 2.91. The highest BCUT2D eigenvalue weighted by Crippen LogP contribution is 2.27. The normalized spacial score (nSPS) is 12.0. The number of aliphatic hydroxyl groups is 1. The standard InChI is InChI=1S/C31H45F3N2O4/c1-3-4-5-6-7-8-9-10-11-12-13-14-15-16-17-18-27(37)36-26-21-19-25(20-22-26)23-24-40-30(39)28(35-2)29(38)31(32,33)34/h19-22,38H,3-18,23-24H2,1H3,(H,36,37)/b29-28+. The molecule has 0 saturated carbocycles. The van der Waals surface area contributed by atoms with E-state index in [1.165, 1.54) is 77.0 Å².